The van der Waals surface area contributed by atoms with Crippen molar-refractivity contribution >= 4 is 5.91 Å². The number of nitrogens with zero attached hydrogens (tertiary/aromatic N) is 2. The summed E-state index contributed by atoms with van der Waals surface area (Å²) in [4.78, 5) is 16.5. The Kier molecular flexibility index (Phi) is 6.26. The molecule has 0 aliphatic carbocycles. The standard InChI is InChI=1S/C15H28N2O3/c1-13(15(19)17-7-9-20-10-8-17)11-14(18)12-16-5-3-2-4-6-16/h13-14,18H,2-12H2,1H3. The number of ether oxygens (including phenoxy) is 1. The van der Waals surface area contributed by atoms with Crippen molar-refractivity contribution in [1.29, 1.82) is 0 Å². The third kappa shape index (κ3) is 4.72. The lowest BCUT2D eigenvalue weighted by atomic mass is 10.0. The molecule has 1 N–H and O–H groups in total. The van der Waals surface area contributed by atoms with Crippen molar-refractivity contribution < 1.29 is 14.6 Å². The molecule has 0 aromatic heterocycles. The van der Waals surface area contributed by atoms with Crippen molar-refractivity contribution in [3.8, 4) is 0 Å². The van der Waals surface area contributed by atoms with Crippen LogP contribution in [0.15, 0.2) is 0 Å². The Labute approximate surface area is 121 Å². The Bertz CT molecular complexity index is 299. The molecule has 5 heteroatoms. The minimum absolute atomic E-state index is 0.104. The van der Waals surface area contributed by atoms with Crippen LogP contribution in [0.3, 0.4) is 0 Å². The van der Waals surface area contributed by atoms with Crippen LogP contribution in [0.4, 0.5) is 0 Å². The molecule has 2 aliphatic heterocycles. The molecule has 2 saturated heterocycles. The molecule has 2 unspecified atom stereocenters. The summed E-state index contributed by atoms with van der Waals surface area (Å²) < 4.78 is 5.26. The summed E-state index contributed by atoms with van der Waals surface area (Å²) >= 11 is 0. The fourth-order valence-electron chi connectivity index (χ4n) is 3.12. The molecular weight excluding hydrogens is 256 g/mol. The number of carbonyl (C=O) groups is 1. The zero-order valence-electron chi connectivity index (χ0n) is 12.6. The summed E-state index contributed by atoms with van der Waals surface area (Å²) in [6, 6.07) is 0. The molecule has 116 valence electrons. The molecule has 1 amide bonds. The molecule has 0 bridgehead atoms. The lowest BCUT2D eigenvalue weighted by Gasteiger charge is -2.31. The van der Waals surface area contributed by atoms with Crippen LogP contribution in [0.2, 0.25) is 0 Å². The SMILES string of the molecule is CC(CC(O)CN1CCCCC1)C(=O)N1CCOCC1. The van der Waals surface area contributed by atoms with Gasteiger partial charge in [-0.15, -0.1) is 0 Å². The number of likely N-dealkylation sites (tertiary alicyclic amines) is 1. The van der Waals surface area contributed by atoms with E-state index in [1.807, 2.05) is 11.8 Å². The van der Waals surface area contributed by atoms with Crippen molar-refractivity contribution in [3.63, 3.8) is 0 Å². The fourth-order valence-corrected chi connectivity index (χ4v) is 3.12. The van der Waals surface area contributed by atoms with Crippen molar-refractivity contribution in [2.24, 2.45) is 5.92 Å². The van der Waals surface area contributed by atoms with Crippen molar-refractivity contribution in [3.05, 3.63) is 0 Å². The smallest absolute Gasteiger partial charge is 0.225 e. The van der Waals surface area contributed by atoms with Crippen LogP contribution in [0, 0.1) is 5.92 Å². The minimum Gasteiger partial charge on any atom is -0.392 e. The topological polar surface area (TPSA) is 53.0 Å². The highest BCUT2D eigenvalue weighted by Crippen LogP contribution is 2.15. The first kappa shape index (κ1) is 15.7. The Balaban J connectivity index is 1.71. The molecule has 0 aromatic carbocycles. The predicted octanol–water partition coefficient (Wildman–Crippen LogP) is 0.718. The number of β-amino-alcohol motifs (C(OH)–C–C–N with tert-alkyl or cyclic N) is 1. The van der Waals surface area contributed by atoms with Gasteiger partial charge >= 0.3 is 0 Å². The molecule has 5 nitrogen and oxygen atoms in total. The van der Waals surface area contributed by atoms with Gasteiger partial charge in [0.1, 0.15) is 0 Å². The van der Waals surface area contributed by atoms with E-state index in [9.17, 15) is 9.90 Å². The van der Waals surface area contributed by atoms with Crippen molar-refractivity contribution in [2.75, 3.05) is 45.9 Å². The average molecular weight is 284 g/mol. The summed E-state index contributed by atoms with van der Waals surface area (Å²) in [5.74, 6) is 0.0545. The summed E-state index contributed by atoms with van der Waals surface area (Å²) in [5.41, 5.74) is 0. The average Bonchev–Trinajstić information content (AvgIpc) is 2.48. The van der Waals surface area contributed by atoms with Crippen molar-refractivity contribution in [1.82, 2.24) is 9.80 Å². The number of hydrogen-bond acceptors (Lipinski definition) is 4. The van der Waals surface area contributed by atoms with E-state index in [2.05, 4.69) is 4.90 Å². The number of carbonyl (C=O) groups excluding carboxylic acids is 1. The number of aliphatic hydroxyl groups excluding tert-OH is 1. The lowest BCUT2D eigenvalue weighted by molar-refractivity contribution is -0.140. The highest BCUT2D eigenvalue weighted by atomic mass is 16.5. The highest BCUT2D eigenvalue weighted by Gasteiger charge is 2.25. The molecule has 2 atom stereocenters. The maximum atomic E-state index is 12.3. The van der Waals surface area contributed by atoms with Crippen LogP contribution in [0.1, 0.15) is 32.6 Å². The van der Waals surface area contributed by atoms with Crippen LogP contribution in [-0.2, 0) is 9.53 Å². The molecule has 2 rings (SSSR count). The third-order valence-corrected chi connectivity index (χ3v) is 4.29. The van der Waals surface area contributed by atoms with E-state index < -0.39 is 6.10 Å². The van der Waals surface area contributed by atoms with Gasteiger partial charge in [0.05, 0.1) is 19.3 Å². The number of amides is 1. The maximum absolute atomic E-state index is 12.3. The Morgan fingerprint density at radius 3 is 2.45 bits per heavy atom. The largest absolute Gasteiger partial charge is 0.392 e. The molecule has 0 aromatic rings. The zero-order valence-corrected chi connectivity index (χ0v) is 12.6. The lowest BCUT2D eigenvalue weighted by Crippen LogP contribution is -2.44. The summed E-state index contributed by atoms with van der Waals surface area (Å²) in [5, 5.41) is 10.2. The molecule has 2 heterocycles. The van der Waals surface area contributed by atoms with Crippen LogP contribution in [0.25, 0.3) is 0 Å². The van der Waals surface area contributed by atoms with Crippen molar-refractivity contribution in [2.45, 2.75) is 38.7 Å². The summed E-state index contributed by atoms with van der Waals surface area (Å²) in [6.45, 7) is 7.45. The van der Waals surface area contributed by atoms with Gasteiger partial charge in [0.25, 0.3) is 0 Å². The number of hydrogen-bond donors (Lipinski definition) is 1. The second-order valence-corrected chi connectivity index (χ2v) is 6.09. The number of morpholine rings is 1. The van der Waals surface area contributed by atoms with Crippen LogP contribution < -0.4 is 0 Å². The van der Waals surface area contributed by atoms with E-state index in [-0.39, 0.29) is 11.8 Å². The quantitative estimate of drug-likeness (QED) is 0.808. The molecular formula is C15H28N2O3. The summed E-state index contributed by atoms with van der Waals surface area (Å²) in [7, 11) is 0. The molecule has 2 aliphatic rings. The normalized spacial score (nSPS) is 24.4. The van der Waals surface area contributed by atoms with Gasteiger partial charge in [0, 0.05) is 25.6 Å². The monoisotopic (exact) mass is 284 g/mol. The van der Waals surface area contributed by atoms with Gasteiger partial charge < -0.3 is 19.6 Å². The van der Waals surface area contributed by atoms with Gasteiger partial charge in [-0.1, -0.05) is 13.3 Å². The Hall–Kier alpha value is -0.650. The Morgan fingerprint density at radius 1 is 1.15 bits per heavy atom. The molecule has 2 fully saturated rings. The van der Waals surface area contributed by atoms with E-state index >= 15 is 0 Å². The van der Waals surface area contributed by atoms with Gasteiger partial charge in [-0.2, -0.15) is 0 Å². The second kappa shape index (κ2) is 7.96. The fraction of sp³-hybridized carbons (Fsp3) is 0.933. The number of piperidine rings is 1. The minimum atomic E-state index is -0.395. The van der Waals surface area contributed by atoms with Gasteiger partial charge in [-0.05, 0) is 32.4 Å². The van der Waals surface area contributed by atoms with E-state index in [4.69, 9.17) is 4.74 Å². The van der Waals surface area contributed by atoms with Crippen LogP contribution >= 0.6 is 0 Å². The van der Waals surface area contributed by atoms with Gasteiger partial charge in [0.15, 0.2) is 0 Å². The zero-order chi connectivity index (χ0) is 14.4. The molecule has 0 saturated carbocycles. The van der Waals surface area contributed by atoms with E-state index in [1.54, 1.807) is 0 Å². The van der Waals surface area contributed by atoms with Gasteiger partial charge in [0.2, 0.25) is 5.91 Å². The summed E-state index contributed by atoms with van der Waals surface area (Å²) in [6.07, 6.45) is 3.93. The van der Waals surface area contributed by atoms with Gasteiger partial charge in [-0.25, -0.2) is 0 Å². The predicted molar refractivity (Wildman–Crippen MR) is 77.5 cm³/mol. The number of aliphatic hydroxyl groups is 1. The van der Waals surface area contributed by atoms with Gasteiger partial charge in [-0.3, -0.25) is 4.79 Å². The van der Waals surface area contributed by atoms with Crippen LogP contribution in [0.5, 0.6) is 0 Å². The van der Waals surface area contributed by atoms with E-state index in [1.165, 1.54) is 19.3 Å². The first-order valence-electron chi connectivity index (χ1n) is 7.94. The van der Waals surface area contributed by atoms with E-state index in [0.29, 0.717) is 39.3 Å². The number of rotatable bonds is 5. The third-order valence-electron chi connectivity index (χ3n) is 4.29. The molecule has 0 spiro atoms. The first-order chi connectivity index (χ1) is 9.66. The Morgan fingerprint density at radius 2 is 1.80 bits per heavy atom. The second-order valence-electron chi connectivity index (χ2n) is 6.09. The van der Waals surface area contributed by atoms with E-state index in [0.717, 1.165) is 13.1 Å². The maximum Gasteiger partial charge on any atom is 0.225 e. The van der Waals surface area contributed by atoms with Crippen LogP contribution in [-0.4, -0.2) is 72.9 Å². The first-order valence-corrected chi connectivity index (χ1v) is 7.94. The molecule has 20 heavy (non-hydrogen) atoms. The molecule has 0 radical (unpaired) electrons. The highest BCUT2D eigenvalue weighted by molar-refractivity contribution is 5.78.